The minimum Gasteiger partial charge on any atom is -0.313 e. The lowest BCUT2D eigenvalue weighted by Crippen LogP contribution is -2.20. The fourth-order valence-electron chi connectivity index (χ4n) is 2.18. The number of rotatable bonds is 3. The summed E-state index contributed by atoms with van der Waals surface area (Å²) in [5, 5.41) is 7.73. The molecule has 4 nitrogen and oxygen atoms in total. The van der Waals surface area contributed by atoms with Gasteiger partial charge in [0.2, 0.25) is 0 Å². The van der Waals surface area contributed by atoms with Crippen molar-refractivity contribution in [2.45, 2.75) is 19.4 Å². The summed E-state index contributed by atoms with van der Waals surface area (Å²) in [6, 6.07) is 5.57. The van der Waals surface area contributed by atoms with Crippen molar-refractivity contribution in [2.75, 3.05) is 13.1 Å². The summed E-state index contributed by atoms with van der Waals surface area (Å²) in [7, 11) is 0. The number of nitrogens with one attached hydrogen (secondary N) is 1. The maximum absolute atomic E-state index is 8.57. The summed E-state index contributed by atoms with van der Waals surface area (Å²) < 4.78 is 0. The van der Waals surface area contributed by atoms with Gasteiger partial charge in [0.15, 0.2) is 0 Å². The first-order chi connectivity index (χ1) is 8.72. The van der Waals surface area contributed by atoms with Gasteiger partial charge in [0.05, 0.1) is 6.04 Å². The molecule has 1 aromatic rings. The van der Waals surface area contributed by atoms with Gasteiger partial charge in [-0.15, -0.1) is 0 Å². The summed E-state index contributed by atoms with van der Waals surface area (Å²) in [5.41, 5.74) is 12.0. The Bertz CT molecular complexity index is 518. The van der Waals surface area contributed by atoms with Crippen LogP contribution in [0.2, 0.25) is 5.02 Å². The molecule has 1 aliphatic rings. The van der Waals surface area contributed by atoms with Crippen LogP contribution in [-0.2, 0) is 0 Å². The molecule has 1 heterocycles. The Hall–Kier alpha value is -1.48. The molecule has 5 heteroatoms. The normalized spacial score (nSPS) is 16.7. The van der Waals surface area contributed by atoms with Crippen LogP contribution in [0.5, 0.6) is 0 Å². The summed E-state index contributed by atoms with van der Waals surface area (Å²) >= 11 is 6.03. The van der Waals surface area contributed by atoms with Gasteiger partial charge in [-0.05, 0) is 47.3 Å². The Balaban J connectivity index is 2.45. The number of benzene rings is 1. The molecule has 0 saturated heterocycles. The monoisotopic (exact) mass is 262 g/mol. The molecule has 1 unspecified atom stereocenters. The number of nitrogens with zero attached hydrogens (tertiary/aromatic N) is 3. The Morgan fingerprint density at radius 2 is 2.33 bits per heavy atom. The van der Waals surface area contributed by atoms with Gasteiger partial charge in [-0.2, -0.15) is 0 Å². The maximum atomic E-state index is 8.57. The molecule has 1 atom stereocenters. The SMILES string of the molecule is CC(N=[N+]=[N-])c1cc(Cl)ccc1C1=CCNCC1. The fraction of sp³-hybridized carbons (Fsp3) is 0.385. The minimum atomic E-state index is -0.209. The molecule has 0 amide bonds. The third kappa shape index (κ3) is 2.85. The van der Waals surface area contributed by atoms with Crippen LogP contribution in [0.4, 0.5) is 0 Å². The van der Waals surface area contributed by atoms with Crippen LogP contribution in [0.3, 0.4) is 0 Å². The van der Waals surface area contributed by atoms with Crippen molar-refractivity contribution in [3.63, 3.8) is 0 Å². The van der Waals surface area contributed by atoms with E-state index in [4.69, 9.17) is 17.1 Å². The molecule has 0 fully saturated rings. The second kappa shape index (κ2) is 5.91. The molecular weight excluding hydrogens is 248 g/mol. The first-order valence-corrected chi connectivity index (χ1v) is 6.34. The summed E-state index contributed by atoms with van der Waals surface area (Å²) in [4.78, 5) is 2.88. The number of azide groups is 1. The molecule has 2 rings (SSSR count). The van der Waals surface area contributed by atoms with E-state index in [2.05, 4.69) is 21.4 Å². The van der Waals surface area contributed by atoms with Crippen LogP contribution in [0.1, 0.15) is 30.5 Å². The maximum Gasteiger partial charge on any atom is 0.0603 e. The highest BCUT2D eigenvalue weighted by Crippen LogP contribution is 2.31. The zero-order valence-corrected chi connectivity index (χ0v) is 11.0. The zero-order valence-electron chi connectivity index (χ0n) is 10.2. The van der Waals surface area contributed by atoms with E-state index in [1.165, 1.54) is 5.57 Å². The second-order valence-corrected chi connectivity index (χ2v) is 4.73. The first kappa shape index (κ1) is 13.0. The number of hydrogen-bond donors (Lipinski definition) is 1. The minimum absolute atomic E-state index is 0.209. The van der Waals surface area contributed by atoms with E-state index < -0.39 is 0 Å². The van der Waals surface area contributed by atoms with Crippen molar-refractivity contribution >= 4 is 17.2 Å². The van der Waals surface area contributed by atoms with Crippen molar-refractivity contribution in [2.24, 2.45) is 5.11 Å². The van der Waals surface area contributed by atoms with Crippen LogP contribution in [0, 0.1) is 0 Å². The zero-order chi connectivity index (χ0) is 13.0. The van der Waals surface area contributed by atoms with E-state index in [1.54, 1.807) is 0 Å². The molecule has 1 N–H and O–H groups in total. The van der Waals surface area contributed by atoms with Crippen LogP contribution < -0.4 is 5.32 Å². The Morgan fingerprint density at radius 3 is 3.00 bits per heavy atom. The fourth-order valence-corrected chi connectivity index (χ4v) is 2.36. The lowest BCUT2D eigenvalue weighted by molar-refractivity contribution is 0.735. The third-order valence-corrected chi connectivity index (χ3v) is 3.33. The third-order valence-electron chi connectivity index (χ3n) is 3.10. The number of halogens is 1. The van der Waals surface area contributed by atoms with E-state index in [9.17, 15) is 0 Å². The van der Waals surface area contributed by atoms with Crippen molar-refractivity contribution in [1.82, 2.24) is 5.32 Å². The summed E-state index contributed by atoms with van der Waals surface area (Å²) in [6.45, 7) is 3.74. The van der Waals surface area contributed by atoms with Crippen LogP contribution in [0.15, 0.2) is 29.4 Å². The predicted octanol–water partition coefficient (Wildman–Crippen LogP) is 4.09. The quantitative estimate of drug-likeness (QED) is 0.498. The molecule has 0 aromatic heterocycles. The van der Waals surface area contributed by atoms with E-state index in [-0.39, 0.29) is 6.04 Å². The van der Waals surface area contributed by atoms with Gasteiger partial charge in [-0.1, -0.05) is 35.8 Å². The highest BCUT2D eigenvalue weighted by Gasteiger charge is 2.14. The van der Waals surface area contributed by atoms with Gasteiger partial charge in [0.1, 0.15) is 0 Å². The summed E-state index contributed by atoms with van der Waals surface area (Å²) in [6.07, 6.45) is 3.16. The topological polar surface area (TPSA) is 60.8 Å². The highest BCUT2D eigenvalue weighted by molar-refractivity contribution is 6.30. The van der Waals surface area contributed by atoms with Gasteiger partial charge in [-0.25, -0.2) is 0 Å². The van der Waals surface area contributed by atoms with Crippen molar-refractivity contribution in [1.29, 1.82) is 0 Å². The molecule has 0 radical (unpaired) electrons. The standard InChI is InChI=1S/C13H15ClN4/c1-9(17-18-15)13-8-11(14)2-3-12(13)10-4-6-16-7-5-10/h2-4,8-9,16H,5-7H2,1H3. The van der Waals surface area contributed by atoms with Crippen molar-refractivity contribution in [3.05, 3.63) is 50.9 Å². The smallest absolute Gasteiger partial charge is 0.0603 e. The van der Waals surface area contributed by atoms with E-state index >= 15 is 0 Å². The van der Waals surface area contributed by atoms with Crippen LogP contribution in [0.25, 0.3) is 16.0 Å². The van der Waals surface area contributed by atoms with Crippen molar-refractivity contribution < 1.29 is 0 Å². The Kier molecular flexibility index (Phi) is 4.26. The molecule has 1 aliphatic heterocycles. The van der Waals surface area contributed by atoms with Gasteiger partial charge in [-0.3, -0.25) is 0 Å². The average molecular weight is 263 g/mol. The largest absolute Gasteiger partial charge is 0.313 e. The molecular formula is C13H15ClN4. The molecule has 0 saturated carbocycles. The lowest BCUT2D eigenvalue weighted by Gasteiger charge is -2.19. The van der Waals surface area contributed by atoms with Gasteiger partial charge >= 0.3 is 0 Å². The first-order valence-electron chi connectivity index (χ1n) is 5.96. The molecule has 18 heavy (non-hydrogen) atoms. The molecule has 0 aliphatic carbocycles. The lowest BCUT2D eigenvalue weighted by atomic mass is 9.92. The van der Waals surface area contributed by atoms with Crippen LogP contribution in [-0.4, -0.2) is 13.1 Å². The van der Waals surface area contributed by atoms with E-state index in [0.717, 1.165) is 30.6 Å². The van der Waals surface area contributed by atoms with Crippen molar-refractivity contribution in [3.8, 4) is 0 Å². The van der Waals surface area contributed by atoms with E-state index in [1.807, 2.05) is 25.1 Å². The molecule has 0 bridgehead atoms. The molecule has 1 aromatic carbocycles. The Morgan fingerprint density at radius 1 is 1.50 bits per heavy atom. The van der Waals surface area contributed by atoms with Gasteiger partial charge < -0.3 is 5.32 Å². The van der Waals surface area contributed by atoms with Gasteiger partial charge in [0, 0.05) is 16.5 Å². The highest BCUT2D eigenvalue weighted by atomic mass is 35.5. The van der Waals surface area contributed by atoms with Crippen LogP contribution >= 0.6 is 11.6 Å². The molecule has 94 valence electrons. The van der Waals surface area contributed by atoms with E-state index in [0.29, 0.717) is 5.02 Å². The molecule has 0 spiro atoms. The predicted molar refractivity (Wildman–Crippen MR) is 74.5 cm³/mol. The summed E-state index contributed by atoms with van der Waals surface area (Å²) in [5.74, 6) is 0. The Labute approximate surface area is 111 Å². The van der Waals surface area contributed by atoms with Gasteiger partial charge in [0.25, 0.3) is 0 Å². The average Bonchev–Trinajstić information content (AvgIpc) is 2.40. The second-order valence-electron chi connectivity index (χ2n) is 4.30. The number of hydrogen-bond acceptors (Lipinski definition) is 2.